The molecule has 108 heavy (non-hydrogen) atoms. The maximum atomic E-state index is 7.17. The van der Waals surface area contributed by atoms with Crippen LogP contribution >= 0.6 is 0 Å². The zero-order valence-electron chi connectivity index (χ0n) is 65.8. The third-order valence-electron chi connectivity index (χ3n) is 26.4. The smallest absolute Gasteiger partial charge is 0.143 e. The van der Waals surface area contributed by atoms with Gasteiger partial charge in [-0.05, 0) is 204 Å². The molecule has 0 bridgehead atoms. The quantitative estimate of drug-likeness (QED) is 0.0394. The predicted octanol–water partition coefficient (Wildman–Crippen LogP) is 31.8. The topological polar surface area (TPSA) is 29.5 Å². The van der Waals surface area contributed by atoms with Crippen molar-refractivity contribution < 1.29 is 8.83 Å². The Morgan fingerprint density at radius 3 is 1.29 bits per heavy atom. The van der Waals surface area contributed by atoms with E-state index in [9.17, 15) is 0 Å². The van der Waals surface area contributed by atoms with Gasteiger partial charge in [0.05, 0.1) is 5.41 Å². The zero-order chi connectivity index (χ0) is 73.6. The third kappa shape index (κ3) is 12.2. The molecule has 3 nitrogen and oxygen atoms in total. The summed E-state index contributed by atoms with van der Waals surface area (Å²) in [5.74, 6) is 0. The molecule has 0 saturated carbocycles. The molecule has 0 atom stereocenters. The summed E-state index contributed by atoms with van der Waals surface area (Å²) in [4.78, 5) is 2.67. The van der Waals surface area contributed by atoms with Gasteiger partial charge in [-0.25, -0.2) is 0 Å². The fourth-order valence-electron chi connectivity index (χ4n) is 21.1. The van der Waals surface area contributed by atoms with E-state index in [2.05, 4.69) is 272 Å². The van der Waals surface area contributed by atoms with Crippen LogP contribution < -0.4 is 4.90 Å². The van der Waals surface area contributed by atoms with Gasteiger partial charge >= 0.3 is 0 Å². The summed E-state index contributed by atoms with van der Waals surface area (Å²) in [6.45, 7) is 16.5. The molecule has 0 N–H and O–H groups in total. The van der Waals surface area contributed by atoms with Gasteiger partial charge in [0.25, 0.3) is 0 Å². The van der Waals surface area contributed by atoms with Crippen molar-refractivity contribution in [1.29, 1.82) is 0 Å². The Hall–Kier alpha value is -9.18. The van der Waals surface area contributed by atoms with Crippen molar-refractivity contribution in [2.45, 2.75) is 250 Å². The Morgan fingerprint density at radius 2 is 0.713 bits per heavy atom. The molecule has 11 aromatic carbocycles. The molecular weight excluding hydrogens is 1310 g/mol. The summed E-state index contributed by atoms with van der Waals surface area (Å²) < 4.78 is 14.2. The number of unbranched alkanes of at least 4 members (excludes halogenated alkanes) is 20. The van der Waals surface area contributed by atoms with Crippen molar-refractivity contribution in [3.8, 4) is 55.6 Å². The Bertz CT molecular complexity index is 5340. The van der Waals surface area contributed by atoms with E-state index < -0.39 is 5.41 Å². The lowest BCUT2D eigenvalue weighted by molar-refractivity contribution is 0.394. The standard InChI is InChI=1S/C105H113NO2/c1-8-12-16-20-24-39-63-103(64-40-25-21-17-13-9-2)88-61-62-96-99(81-47-33-37-51-94(81)107-96)98(88)85-71-90-84(70-91(85)103)79-59-57-75(67-89(79)104(90,65-41-26-22-18-14-10-3)66-42-27-23-19-15-11-4)106(74-55-53-73(54-56-74)102(5,6)7)76-58-60-80-92(68-76)105(86-49-35-31-45-77(86)78-46-32-36-50-87(78)105)93-69-83(72-43-29-28-30-44-72)101-100(97(80)93)82-48-34-38-52-95(82)108-101/h28-38,43-62,67-71H,8-27,39-42,63-66H2,1-7H3. The van der Waals surface area contributed by atoms with Crippen LogP contribution in [-0.4, -0.2) is 0 Å². The van der Waals surface area contributed by atoms with Crippen LogP contribution in [0.25, 0.3) is 99.5 Å². The summed E-state index contributed by atoms with van der Waals surface area (Å²) in [5.41, 5.74) is 32.6. The minimum Gasteiger partial charge on any atom is -0.456 e. The van der Waals surface area contributed by atoms with Crippen LogP contribution in [0.15, 0.2) is 227 Å². The highest BCUT2D eigenvalue weighted by Crippen LogP contribution is 2.67. The first-order valence-corrected chi connectivity index (χ1v) is 42.6. The number of furan rings is 2. The highest BCUT2D eigenvalue weighted by molar-refractivity contribution is 6.20. The van der Waals surface area contributed by atoms with Crippen molar-refractivity contribution in [3.63, 3.8) is 0 Å². The van der Waals surface area contributed by atoms with Crippen molar-refractivity contribution in [3.05, 3.63) is 268 Å². The van der Waals surface area contributed by atoms with E-state index >= 15 is 0 Å². The molecular formula is C105H113NO2. The first kappa shape index (κ1) is 71.7. The van der Waals surface area contributed by atoms with Gasteiger partial charge in [-0.3, -0.25) is 0 Å². The average molecular weight is 1420 g/mol. The second kappa shape index (κ2) is 30.3. The normalized spacial score (nSPS) is 14.4. The fraction of sp³-hybridized carbons (Fsp3) is 0.371. The van der Waals surface area contributed by atoms with Crippen LogP contribution in [-0.2, 0) is 21.7 Å². The monoisotopic (exact) mass is 1420 g/mol. The number of rotatable bonds is 32. The largest absolute Gasteiger partial charge is 0.456 e. The van der Waals surface area contributed by atoms with E-state index in [0.717, 1.165) is 57.4 Å². The Labute approximate surface area is 644 Å². The van der Waals surface area contributed by atoms with Crippen molar-refractivity contribution in [2.24, 2.45) is 0 Å². The maximum absolute atomic E-state index is 7.17. The van der Waals surface area contributed by atoms with Crippen molar-refractivity contribution in [2.75, 3.05) is 4.90 Å². The summed E-state index contributed by atoms with van der Waals surface area (Å²) in [7, 11) is 0. The highest BCUT2D eigenvalue weighted by Gasteiger charge is 2.54. The number of fused-ring (bicyclic) bond motifs is 24. The molecule has 0 unspecified atom stereocenters. The van der Waals surface area contributed by atoms with Gasteiger partial charge in [-0.2, -0.15) is 0 Å². The number of benzene rings is 11. The predicted molar refractivity (Wildman–Crippen MR) is 461 cm³/mol. The molecule has 0 amide bonds. The van der Waals surface area contributed by atoms with Crippen LogP contribution in [0.5, 0.6) is 0 Å². The van der Waals surface area contributed by atoms with Crippen LogP contribution in [0.2, 0.25) is 0 Å². The van der Waals surface area contributed by atoms with E-state index in [0.29, 0.717) is 0 Å². The molecule has 2 aromatic heterocycles. The van der Waals surface area contributed by atoms with E-state index in [-0.39, 0.29) is 16.2 Å². The van der Waals surface area contributed by atoms with Gasteiger partial charge in [-0.1, -0.05) is 348 Å². The van der Waals surface area contributed by atoms with Crippen molar-refractivity contribution >= 4 is 60.9 Å². The first-order chi connectivity index (χ1) is 53.1. The minimum atomic E-state index is -0.651. The maximum Gasteiger partial charge on any atom is 0.143 e. The summed E-state index contributed by atoms with van der Waals surface area (Å²) in [5, 5.41) is 4.91. The number of para-hydroxylation sites is 2. The van der Waals surface area contributed by atoms with Gasteiger partial charge in [0.1, 0.15) is 22.3 Å². The summed E-state index contributed by atoms with van der Waals surface area (Å²) in [6.07, 6.45) is 35.3. The molecule has 0 aliphatic heterocycles. The molecule has 0 saturated heterocycles. The van der Waals surface area contributed by atoms with Gasteiger partial charge in [0.2, 0.25) is 0 Å². The Balaban J connectivity index is 0.905. The Kier molecular flexibility index (Phi) is 20.2. The zero-order valence-corrected chi connectivity index (χ0v) is 65.8. The lowest BCUT2D eigenvalue weighted by Crippen LogP contribution is -2.27. The van der Waals surface area contributed by atoms with E-state index in [1.807, 2.05) is 0 Å². The fourth-order valence-corrected chi connectivity index (χ4v) is 21.1. The van der Waals surface area contributed by atoms with Gasteiger partial charge in [0.15, 0.2) is 0 Å². The van der Waals surface area contributed by atoms with E-state index in [1.165, 1.54) is 272 Å². The minimum absolute atomic E-state index is 0.0241. The number of anilines is 3. The molecule has 13 aromatic rings. The lowest BCUT2D eigenvalue weighted by atomic mass is 9.68. The summed E-state index contributed by atoms with van der Waals surface area (Å²) >= 11 is 0. The molecule has 0 radical (unpaired) electrons. The first-order valence-electron chi connectivity index (χ1n) is 42.6. The van der Waals surface area contributed by atoms with E-state index in [4.69, 9.17) is 8.83 Å². The van der Waals surface area contributed by atoms with E-state index in [1.54, 1.807) is 16.7 Å². The number of hydrogen-bond donors (Lipinski definition) is 0. The van der Waals surface area contributed by atoms with Crippen LogP contribution in [0, 0.1) is 0 Å². The van der Waals surface area contributed by atoms with Crippen LogP contribution in [0.1, 0.15) is 278 Å². The van der Waals surface area contributed by atoms with Gasteiger partial charge in [-0.15, -0.1) is 0 Å². The second-order valence-corrected chi connectivity index (χ2v) is 34.1. The molecule has 4 aliphatic rings. The average Bonchev–Trinajstić information content (AvgIpc) is 1.50. The summed E-state index contributed by atoms with van der Waals surface area (Å²) in [6, 6.07) is 85.8. The van der Waals surface area contributed by atoms with Crippen LogP contribution in [0.4, 0.5) is 17.1 Å². The van der Waals surface area contributed by atoms with Gasteiger partial charge < -0.3 is 13.7 Å². The second-order valence-electron chi connectivity index (χ2n) is 34.1. The molecule has 3 heteroatoms. The molecule has 0 fully saturated rings. The van der Waals surface area contributed by atoms with Crippen LogP contribution in [0.3, 0.4) is 0 Å². The molecule has 4 aliphatic carbocycles. The Morgan fingerprint density at radius 1 is 0.287 bits per heavy atom. The lowest BCUT2D eigenvalue weighted by Gasteiger charge is -2.35. The van der Waals surface area contributed by atoms with Crippen molar-refractivity contribution in [1.82, 2.24) is 0 Å². The molecule has 2 heterocycles. The number of hydrogen-bond acceptors (Lipinski definition) is 3. The number of nitrogens with zero attached hydrogens (tertiary/aromatic N) is 1. The molecule has 17 rings (SSSR count). The molecule has 550 valence electrons. The SMILES string of the molecule is CCCCCCCCC1(CCCCCCCC)c2cc(N(c3ccc(C(C)(C)C)cc3)c3ccc4c(c3)C3(c5ccccc5-c5ccccc53)c3cc(-c5ccccc5)c5oc6ccccc6c5c3-4)ccc2-c2cc3c(cc21)-c1c(ccc2oc4ccccc4c12)C3(CCCCCCCC)CCCCCCCC. The third-order valence-corrected chi connectivity index (χ3v) is 26.4. The molecule has 1 spiro atoms. The van der Waals surface area contributed by atoms with Gasteiger partial charge in [0, 0.05) is 55.0 Å². The highest BCUT2D eigenvalue weighted by atomic mass is 16.3.